The summed E-state index contributed by atoms with van der Waals surface area (Å²) in [6.45, 7) is 1.74. The highest BCUT2D eigenvalue weighted by molar-refractivity contribution is 5.86. The summed E-state index contributed by atoms with van der Waals surface area (Å²) in [6, 6.07) is 2.51. The fourth-order valence-corrected chi connectivity index (χ4v) is 2.35. The van der Waals surface area contributed by atoms with Gasteiger partial charge in [0.2, 0.25) is 11.9 Å². The third-order valence-electron chi connectivity index (χ3n) is 3.68. The molecule has 0 saturated heterocycles. The lowest BCUT2D eigenvalue weighted by Crippen LogP contribution is -2.32. The van der Waals surface area contributed by atoms with Gasteiger partial charge < -0.3 is 15.8 Å². The first-order valence-electron chi connectivity index (χ1n) is 6.82. The molecule has 1 aliphatic carbocycles. The molecule has 1 amide bonds. The van der Waals surface area contributed by atoms with Crippen LogP contribution in [0.2, 0.25) is 0 Å². The zero-order chi connectivity index (χ0) is 15.1. The van der Waals surface area contributed by atoms with E-state index in [0.29, 0.717) is 11.0 Å². The minimum absolute atomic E-state index is 0.0958. The van der Waals surface area contributed by atoms with E-state index in [0.717, 1.165) is 12.8 Å². The number of methoxy groups -OCH3 is 1. The number of amides is 1. The van der Waals surface area contributed by atoms with Gasteiger partial charge in [0, 0.05) is 18.2 Å². The Morgan fingerprint density at radius 1 is 1.57 bits per heavy atom. The number of hydrogen-bond acceptors (Lipinski definition) is 4. The smallest absolute Gasteiger partial charge is 0.243 e. The molecule has 6 nitrogen and oxygen atoms in total. The fraction of sp³-hybridized carbons (Fsp3) is 0.429. The number of halogens is 1. The number of rotatable bonds is 4. The first kappa shape index (κ1) is 13.7. The second kappa shape index (κ2) is 4.91. The van der Waals surface area contributed by atoms with Crippen LogP contribution in [0.25, 0.3) is 11.0 Å². The largest absolute Gasteiger partial charge is 0.494 e. The number of imidazole rings is 1. The Balaban J connectivity index is 2.03. The van der Waals surface area contributed by atoms with Crippen molar-refractivity contribution in [2.45, 2.75) is 31.8 Å². The number of nitrogens with one attached hydrogen (secondary N) is 1. The molecule has 1 aliphatic rings. The molecular weight excluding hydrogens is 275 g/mol. The number of nitrogens with two attached hydrogens (primary N) is 1. The summed E-state index contributed by atoms with van der Waals surface area (Å²) < 4.78 is 20.3. The summed E-state index contributed by atoms with van der Waals surface area (Å²) >= 11 is 0. The topological polar surface area (TPSA) is 82.2 Å². The summed E-state index contributed by atoms with van der Waals surface area (Å²) in [5.41, 5.74) is 6.86. The van der Waals surface area contributed by atoms with E-state index in [1.807, 2.05) is 0 Å². The van der Waals surface area contributed by atoms with Crippen LogP contribution in [0.1, 0.15) is 25.8 Å². The number of carbonyl (C=O) groups is 1. The number of hydrogen-bond donors (Lipinski definition) is 2. The van der Waals surface area contributed by atoms with Crippen LogP contribution in [0, 0.1) is 5.82 Å². The van der Waals surface area contributed by atoms with Crippen LogP contribution in [0.3, 0.4) is 0 Å². The van der Waals surface area contributed by atoms with E-state index in [4.69, 9.17) is 10.5 Å². The fourth-order valence-electron chi connectivity index (χ4n) is 2.35. The Morgan fingerprint density at radius 3 is 2.90 bits per heavy atom. The molecule has 1 unspecified atom stereocenters. The summed E-state index contributed by atoms with van der Waals surface area (Å²) in [4.78, 5) is 16.3. The van der Waals surface area contributed by atoms with E-state index in [-0.39, 0.29) is 23.6 Å². The first-order chi connectivity index (χ1) is 10.0. The van der Waals surface area contributed by atoms with Crippen LogP contribution < -0.4 is 15.8 Å². The number of fused-ring (bicyclic) bond motifs is 1. The Kier molecular flexibility index (Phi) is 3.19. The zero-order valence-corrected chi connectivity index (χ0v) is 11.9. The number of benzene rings is 1. The van der Waals surface area contributed by atoms with Crippen molar-refractivity contribution in [3.63, 3.8) is 0 Å². The minimum atomic E-state index is -0.522. The van der Waals surface area contributed by atoms with Crippen LogP contribution in [-0.2, 0) is 4.79 Å². The van der Waals surface area contributed by atoms with Crippen LogP contribution in [0.4, 0.5) is 10.3 Å². The third-order valence-corrected chi connectivity index (χ3v) is 3.68. The Morgan fingerprint density at radius 2 is 2.29 bits per heavy atom. The predicted octanol–water partition coefficient (Wildman–Crippen LogP) is 1.61. The molecule has 0 radical (unpaired) electrons. The van der Waals surface area contributed by atoms with Crippen molar-refractivity contribution < 1.29 is 13.9 Å². The van der Waals surface area contributed by atoms with Crippen molar-refractivity contribution in [1.29, 1.82) is 0 Å². The van der Waals surface area contributed by atoms with Crippen LogP contribution >= 0.6 is 0 Å². The van der Waals surface area contributed by atoms with Gasteiger partial charge in [-0.25, -0.2) is 9.37 Å². The van der Waals surface area contributed by atoms with Gasteiger partial charge in [-0.2, -0.15) is 0 Å². The maximum Gasteiger partial charge on any atom is 0.243 e. The number of aromatic nitrogens is 2. The number of carbonyl (C=O) groups excluding carboxylic acids is 1. The van der Waals surface area contributed by atoms with Crippen molar-refractivity contribution in [2.24, 2.45) is 0 Å². The quantitative estimate of drug-likeness (QED) is 0.897. The van der Waals surface area contributed by atoms with Gasteiger partial charge in [-0.15, -0.1) is 0 Å². The number of nitrogen functional groups attached to an aromatic ring is 1. The normalized spacial score (nSPS) is 16.0. The van der Waals surface area contributed by atoms with Crippen molar-refractivity contribution in [3.05, 3.63) is 17.9 Å². The molecule has 0 bridgehead atoms. The van der Waals surface area contributed by atoms with E-state index in [1.165, 1.54) is 19.2 Å². The van der Waals surface area contributed by atoms with E-state index in [9.17, 15) is 9.18 Å². The Bertz CT molecular complexity index is 709. The van der Waals surface area contributed by atoms with Crippen LogP contribution in [-0.4, -0.2) is 28.6 Å². The van der Waals surface area contributed by atoms with Gasteiger partial charge in [0.25, 0.3) is 0 Å². The molecule has 1 heterocycles. The van der Waals surface area contributed by atoms with Crippen LogP contribution in [0.5, 0.6) is 5.75 Å². The van der Waals surface area contributed by atoms with Crippen molar-refractivity contribution >= 4 is 22.9 Å². The number of anilines is 1. The zero-order valence-electron chi connectivity index (χ0n) is 11.9. The lowest BCUT2D eigenvalue weighted by molar-refractivity contribution is -0.123. The molecule has 1 aromatic carbocycles. The predicted molar refractivity (Wildman–Crippen MR) is 76.5 cm³/mol. The molecule has 3 rings (SSSR count). The van der Waals surface area contributed by atoms with E-state index < -0.39 is 11.9 Å². The van der Waals surface area contributed by atoms with Gasteiger partial charge >= 0.3 is 0 Å². The van der Waals surface area contributed by atoms with Gasteiger partial charge in [-0.1, -0.05) is 0 Å². The third kappa shape index (κ3) is 2.39. The summed E-state index contributed by atoms with van der Waals surface area (Å²) in [5, 5.41) is 2.93. The average Bonchev–Trinajstić information content (AvgIpc) is 3.19. The van der Waals surface area contributed by atoms with Crippen molar-refractivity contribution in [3.8, 4) is 5.75 Å². The van der Waals surface area contributed by atoms with Gasteiger partial charge in [0.1, 0.15) is 6.04 Å². The highest BCUT2D eigenvalue weighted by Crippen LogP contribution is 2.29. The molecule has 21 heavy (non-hydrogen) atoms. The molecule has 1 saturated carbocycles. The molecule has 0 aliphatic heterocycles. The molecular formula is C14H17FN4O2. The molecule has 7 heteroatoms. The summed E-state index contributed by atoms with van der Waals surface area (Å²) in [7, 11) is 1.39. The summed E-state index contributed by atoms with van der Waals surface area (Å²) in [6.07, 6.45) is 2.02. The molecule has 2 aromatic rings. The lowest BCUT2D eigenvalue weighted by atomic mass is 10.2. The monoisotopic (exact) mass is 292 g/mol. The number of ether oxygens (including phenoxy) is 1. The molecule has 3 N–H and O–H groups in total. The molecule has 1 aromatic heterocycles. The lowest BCUT2D eigenvalue weighted by Gasteiger charge is -2.16. The van der Waals surface area contributed by atoms with Gasteiger partial charge in [-0.3, -0.25) is 9.36 Å². The highest BCUT2D eigenvalue weighted by Gasteiger charge is 2.28. The average molecular weight is 292 g/mol. The highest BCUT2D eigenvalue weighted by atomic mass is 19.1. The van der Waals surface area contributed by atoms with E-state index >= 15 is 0 Å². The van der Waals surface area contributed by atoms with E-state index in [2.05, 4.69) is 10.3 Å². The molecule has 112 valence electrons. The van der Waals surface area contributed by atoms with Crippen molar-refractivity contribution in [1.82, 2.24) is 14.9 Å². The second-order valence-electron chi connectivity index (χ2n) is 5.27. The van der Waals surface area contributed by atoms with Gasteiger partial charge in [0.05, 0.1) is 18.1 Å². The SMILES string of the molecule is COc1cc2c(cc1F)nc(N)n2C(C)C(=O)NC1CC1. The summed E-state index contributed by atoms with van der Waals surface area (Å²) in [5.74, 6) is -0.355. The van der Waals surface area contributed by atoms with Crippen molar-refractivity contribution in [2.75, 3.05) is 12.8 Å². The second-order valence-corrected chi connectivity index (χ2v) is 5.27. The standard InChI is InChI=1S/C14H17FN4O2/c1-7(13(20)17-8-3-4-8)19-11-6-12(21-2)9(15)5-10(11)18-14(19)16/h5-8H,3-4H2,1-2H3,(H2,16,18)(H,17,20). The molecule has 0 spiro atoms. The Hall–Kier alpha value is -2.31. The number of nitrogens with zero attached hydrogens (tertiary/aromatic N) is 2. The van der Waals surface area contributed by atoms with Crippen LogP contribution in [0.15, 0.2) is 12.1 Å². The first-order valence-corrected chi connectivity index (χ1v) is 6.82. The maximum absolute atomic E-state index is 13.7. The maximum atomic E-state index is 13.7. The van der Waals surface area contributed by atoms with E-state index in [1.54, 1.807) is 11.5 Å². The Labute approximate surface area is 121 Å². The minimum Gasteiger partial charge on any atom is -0.494 e. The van der Waals surface area contributed by atoms with Gasteiger partial charge in [0.15, 0.2) is 11.6 Å². The van der Waals surface area contributed by atoms with Gasteiger partial charge in [-0.05, 0) is 19.8 Å². The molecule has 1 fully saturated rings. The molecule has 1 atom stereocenters.